The second-order valence-corrected chi connectivity index (χ2v) is 6.97. The molecule has 1 N–H and O–H groups in total. The maximum Gasteiger partial charge on any atom is 0.231 e. The van der Waals surface area contributed by atoms with Crippen LogP contribution in [0.5, 0.6) is 0 Å². The summed E-state index contributed by atoms with van der Waals surface area (Å²) in [7, 11) is 1.77. The van der Waals surface area contributed by atoms with Crippen LogP contribution in [0.4, 0.5) is 10.2 Å². The molecule has 0 radical (unpaired) electrons. The molecular formula is C16H13BrFN5OS. The summed E-state index contributed by atoms with van der Waals surface area (Å²) in [6.07, 6.45) is 3.35. The zero-order valence-corrected chi connectivity index (χ0v) is 15.5. The number of rotatable bonds is 5. The Labute approximate surface area is 156 Å². The summed E-state index contributed by atoms with van der Waals surface area (Å²) in [6, 6.07) is 7.77. The van der Waals surface area contributed by atoms with E-state index in [9.17, 15) is 9.18 Å². The third kappa shape index (κ3) is 4.86. The Bertz CT molecular complexity index is 900. The molecule has 1 aromatic carbocycles. The number of aryl methyl sites for hydroxylation is 1. The highest BCUT2D eigenvalue weighted by atomic mass is 79.9. The van der Waals surface area contributed by atoms with Crippen molar-refractivity contribution in [3.8, 4) is 0 Å². The van der Waals surface area contributed by atoms with Crippen molar-refractivity contribution in [2.24, 2.45) is 7.05 Å². The molecule has 0 unspecified atom stereocenters. The van der Waals surface area contributed by atoms with Gasteiger partial charge in [0.05, 0.1) is 18.3 Å². The maximum atomic E-state index is 13.0. The number of hydrogen-bond acceptors (Lipinski definition) is 5. The predicted octanol–water partition coefficient (Wildman–Crippen LogP) is 3.44. The molecule has 0 spiro atoms. The number of halogens is 2. The van der Waals surface area contributed by atoms with Crippen LogP contribution < -0.4 is 5.32 Å². The third-order valence-corrected chi connectivity index (χ3v) is 4.54. The van der Waals surface area contributed by atoms with Gasteiger partial charge < -0.3 is 5.32 Å². The number of carbonyl (C=O) groups is 1. The molecule has 0 aliphatic heterocycles. The summed E-state index contributed by atoms with van der Waals surface area (Å²) in [5, 5.41) is 7.41. The van der Waals surface area contributed by atoms with Crippen LogP contribution in [0.2, 0.25) is 0 Å². The van der Waals surface area contributed by atoms with Crippen molar-refractivity contribution < 1.29 is 9.18 Å². The standard InChI is InChI=1S/C16H13BrFN5OS/c1-23-7-6-14(22-23)21-15(24)8-12-16(19-9-13(17)20-12)25-11-4-2-10(18)3-5-11/h2-7,9H,8H2,1H3,(H,21,22,24). The first-order valence-electron chi connectivity index (χ1n) is 7.24. The Hall–Kier alpha value is -2.26. The van der Waals surface area contributed by atoms with Gasteiger partial charge in [-0.1, -0.05) is 11.8 Å². The average Bonchev–Trinajstić information content (AvgIpc) is 2.97. The lowest BCUT2D eigenvalue weighted by Crippen LogP contribution is -2.16. The molecule has 6 nitrogen and oxygen atoms in total. The Morgan fingerprint density at radius 1 is 1.32 bits per heavy atom. The van der Waals surface area contributed by atoms with Crippen LogP contribution in [0.25, 0.3) is 0 Å². The number of carbonyl (C=O) groups excluding carboxylic acids is 1. The summed E-state index contributed by atoms with van der Waals surface area (Å²) < 4.78 is 15.2. The second-order valence-electron chi connectivity index (χ2n) is 5.10. The Morgan fingerprint density at radius 3 is 2.76 bits per heavy atom. The van der Waals surface area contributed by atoms with Gasteiger partial charge in [-0.2, -0.15) is 5.10 Å². The van der Waals surface area contributed by atoms with E-state index in [1.807, 2.05) is 0 Å². The van der Waals surface area contributed by atoms with E-state index in [1.54, 1.807) is 42.3 Å². The van der Waals surface area contributed by atoms with Crippen LogP contribution in [-0.2, 0) is 18.3 Å². The summed E-state index contributed by atoms with van der Waals surface area (Å²) >= 11 is 4.59. The largest absolute Gasteiger partial charge is 0.309 e. The molecule has 0 fully saturated rings. The monoisotopic (exact) mass is 421 g/mol. The molecule has 0 aliphatic rings. The highest BCUT2D eigenvalue weighted by Crippen LogP contribution is 2.29. The molecule has 0 bridgehead atoms. The smallest absolute Gasteiger partial charge is 0.231 e. The number of anilines is 1. The lowest BCUT2D eigenvalue weighted by molar-refractivity contribution is -0.115. The first kappa shape index (κ1) is 17.6. The Kier molecular flexibility index (Phi) is 5.44. The van der Waals surface area contributed by atoms with Gasteiger partial charge in [-0.25, -0.2) is 14.4 Å². The van der Waals surface area contributed by atoms with Crippen LogP contribution in [0.1, 0.15) is 5.69 Å². The van der Waals surface area contributed by atoms with Gasteiger partial charge >= 0.3 is 0 Å². The maximum absolute atomic E-state index is 13.0. The van der Waals surface area contributed by atoms with Crippen molar-refractivity contribution in [1.29, 1.82) is 0 Å². The Morgan fingerprint density at radius 2 is 2.08 bits per heavy atom. The fourth-order valence-electron chi connectivity index (χ4n) is 2.03. The number of nitrogens with zero attached hydrogens (tertiary/aromatic N) is 4. The topological polar surface area (TPSA) is 72.7 Å². The van der Waals surface area contributed by atoms with Crippen molar-refractivity contribution in [3.63, 3.8) is 0 Å². The molecule has 1 amide bonds. The van der Waals surface area contributed by atoms with Gasteiger partial charge in [0.25, 0.3) is 0 Å². The number of nitrogens with one attached hydrogen (secondary N) is 1. The van der Waals surface area contributed by atoms with Crippen LogP contribution in [-0.4, -0.2) is 25.7 Å². The fourth-order valence-corrected chi connectivity index (χ4v) is 3.18. The summed E-state index contributed by atoms with van der Waals surface area (Å²) in [5.74, 6) is -0.0727. The lowest BCUT2D eigenvalue weighted by atomic mass is 10.3. The van der Waals surface area contributed by atoms with Gasteiger partial charge in [-0.3, -0.25) is 9.48 Å². The molecule has 128 valence electrons. The normalized spacial score (nSPS) is 10.7. The van der Waals surface area contributed by atoms with Crippen molar-refractivity contribution in [1.82, 2.24) is 19.7 Å². The van der Waals surface area contributed by atoms with Gasteiger partial charge in [0, 0.05) is 24.2 Å². The quantitative estimate of drug-likeness (QED) is 0.682. The molecule has 0 atom stereocenters. The minimum atomic E-state index is -0.304. The van der Waals surface area contributed by atoms with E-state index >= 15 is 0 Å². The van der Waals surface area contributed by atoms with E-state index < -0.39 is 0 Å². The molecule has 0 saturated heterocycles. The molecule has 25 heavy (non-hydrogen) atoms. The van der Waals surface area contributed by atoms with E-state index in [2.05, 4.69) is 36.3 Å². The van der Waals surface area contributed by atoms with Crippen LogP contribution >= 0.6 is 27.7 Å². The molecule has 0 aliphatic carbocycles. The SMILES string of the molecule is Cn1ccc(NC(=O)Cc2nc(Br)cnc2Sc2ccc(F)cc2)n1. The van der Waals surface area contributed by atoms with Gasteiger partial charge in [0.15, 0.2) is 5.82 Å². The van der Waals surface area contributed by atoms with E-state index in [4.69, 9.17) is 0 Å². The Balaban J connectivity index is 1.76. The molecule has 3 aromatic rings. The van der Waals surface area contributed by atoms with Crippen LogP contribution in [0.3, 0.4) is 0 Å². The minimum absolute atomic E-state index is 0.0482. The predicted molar refractivity (Wildman–Crippen MR) is 95.8 cm³/mol. The third-order valence-electron chi connectivity index (χ3n) is 3.11. The van der Waals surface area contributed by atoms with Crippen molar-refractivity contribution in [2.45, 2.75) is 16.3 Å². The summed E-state index contributed by atoms with van der Waals surface area (Å²) in [6.45, 7) is 0. The van der Waals surface area contributed by atoms with Crippen LogP contribution in [0, 0.1) is 5.82 Å². The average molecular weight is 422 g/mol. The van der Waals surface area contributed by atoms with Crippen LogP contribution in [0.15, 0.2) is 57.3 Å². The highest BCUT2D eigenvalue weighted by molar-refractivity contribution is 9.10. The first-order chi connectivity index (χ1) is 12.0. The number of amides is 1. The van der Waals surface area contributed by atoms with Gasteiger partial charge in [-0.15, -0.1) is 0 Å². The fraction of sp³-hybridized carbons (Fsp3) is 0.125. The van der Waals surface area contributed by atoms with E-state index in [-0.39, 0.29) is 18.1 Å². The van der Waals surface area contributed by atoms with Gasteiger partial charge in [0.1, 0.15) is 15.4 Å². The molecular weight excluding hydrogens is 409 g/mol. The zero-order valence-electron chi connectivity index (χ0n) is 13.1. The lowest BCUT2D eigenvalue weighted by Gasteiger charge is -2.08. The van der Waals surface area contributed by atoms with E-state index in [0.717, 1.165) is 4.90 Å². The number of hydrogen-bond donors (Lipinski definition) is 1. The molecule has 2 heterocycles. The molecule has 0 saturated carbocycles. The van der Waals surface area contributed by atoms with Crippen molar-refractivity contribution in [3.05, 3.63) is 58.8 Å². The zero-order chi connectivity index (χ0) is 17.8. The summed E-state index contributed by atoms with van der Waals surface area (Å²) in [4.78, 5) is 21.7. The highest BCUT2D eigenvalue weighted by Gasteiger charge is 2.14. The summed E-state index contributed by atoms with van der Waals surface area (Å²) in [5.41, 5.74) is 0.525. The van der Waals surface area contributed by atoms with Crippen molar-refractivity contribution in [2.75, 3.05) is 5.32 Å². The first-order valence-corrected chi connectivity index (χ1v) is 8.85. The van der Waals surface area contributed by atoms with Crippen molar-refractivity contribution >= 4 is 39.4 Å². The molecule has 3 rings (SSSR count). The van der Waals surface area contributed by atoms with E-state index in [0.29, 0.717) is 21.1 Å². The van der Waals surface area contributed by atoms with Gasteiger partial charge in [-0.05, 0) is 40.2 Å². The minimum Gasteiger partial charge on any atom is -0.309 e. The molecule has 9 heteroatoms. The number of aromatic nitrogens is 4. The number of benzene rings is 1. The second kappa shape index (κ2) is 7.75. The van der Waals surface area contributed by atoms with Gasteiger partial charge in [0.2, 0.25) is 5.91 Å². The van der Waals surface area contributed by atoms with E-state index in [1.165, 1.54) is 23.9 Å². The molecule has 2 aromatic heterocycles.